The van der Waals surface area contributed by atoms with Crippen molar-refractivity contribution in [2.75, 3.05) is 0 Å². The fourth-order valence-corrected chi connectivity index (χ4v) is 0.969. The molecule has 1 aromatic rings. The minimum atomic E-state index is 0. The second-order valence-corrected chi connectivity index (χ2v) is 3.22. The van der Waals surface area contributed by atoms with Gasteiger partial charge in [-0.05, 0) is 5.56 Å². The summed E-state index contributed by atoms with van der Waals surface area (Å²) in [5.74, 6) is 0. The van der Waals surface area contributed by atoms with Gasteiger partial charge < -0.3 is 0 Å². The molecule has 0 bridgehead atoms. The molecule has 10 heavy (non-hydrogen) atoms. The van der Waals surface area contributed by atoms with Crippen LogP contribution in [0.5, 0.6) is 0 Å². The van der Waals surface area contributed by atoms with Gasteiger partial charge in [0.05, 0.1) is 4.58 Å². The molecule has 0 heterocycles. The molecule has 0 atom stereocenters. The Morgan fingerprint density at radius 2 is 1.50 bits per heavy atom. The van der Waals surface area contributed by atoms with Gasteiger partial charge in [-0.1, -0.05) is 30.3 Å². The van der Waals surface area contributed by atoms with Crippen LogP contribution in [0.4, 0.5) is 0 Å². The zero-order valence-corrected chi connectivity index (χ0v) is 12.9. The Morgan fingerprint density at radius 3 is 1.80 bits per heavy atom. The van der Waals surface area contributed by atoms with E-state index in [1.54, 1.807) is 0 Å². The van der Waals surface area contributed by atoms with Crippen LogP contribution in [0.25, 0.3) is 0 Å². The van der Waals surface area contributed by atoms with E-state index in [0.29, 0.717) is 0 Å². The van der Waals surface area contributed by atoms with Crippen LogP contribution in [-0.4, -0.2) is 26.2 Å². The van der Waals surface area contributed by atoms with Crippen molar-refractivity contribution in [3.63, 3.8) is 0 Å². The molecule has 0 spiro atoms. The predicted molar refractivity (Wildman–Crippen MR) is 57.1 cm³/mol. The molecule has 0 unspecified atom stereocenters. The monoisotopic (exact) mass is 368 g/mol. The van der Waals surface area contributed by atoms with E-state index in [1.165, 1.54) is 0 Å². The summed E-state index contributed by atoms with van der Waals surface area (Å²) in [7, 11) is 0. The van der Waals surface area contributed by atoms with Gasteiger partial charge in [0, 0.05) is 0 Å². The van der Waals surface area contributed by atoms with E-state index in [1.807, 2.05) is 30.3 Å². The molecule has 0 radical (unpaired) electrons. The average Bonchev–Trinajstić information content (AvgIpc) is 1.90. The van der Waals surface area contributed by atoms with Gasteiger partial charge in [0.25, 0.3) is 0 Å². The molecule has 0 nitrogen and oxygen atoms in total. The van der Waals surface area contributed by atoms with Gasteiger partial charge >= 0.3 is 26.2 Å². The maximum absolute atomic E-state index is 4.15. The summed E-state index contributed by atoms with van der Waals surface area (Å²) in [5, 5.41) is 0. The minimum absolute atomic E-state index is 0. The van der Waals surface area contributed by atoms with Gasteiger partial charge in [0.1, 0.15) is 0 Å². The van der Waals surface area contributed by atoms with E-state index >= 15 is 0 Å². The van der Waals surface area contributed by atoms with E-state index in [9.17, 15) is 0 Å². The van der Waals surface area contributed by atoms with Crippen molar-refractivity contribution < 1.29 is 0 Å². The fraction of sp³-hybridized carbons (Fsp3) is 0.143. The molecule has 3 heteroatoms. The number of benzene rings is 1. The van der Waals surface area contributed by atoms with Gasteiger partial charge in [0.2, 0.25) is 0 Å². The Kier molecular flexibility index (Phi) is 5.89. The second kappa shape index (κ2) is 5.45. The van der Waals surface area contributed by atoms with Crippen LogP contribution < -0.4 is 0 Å². The Morgan fingerprint density at radius 1 is 1.00 bits per heavy atom. The zero-order chi connectivity index (χ0) is 6.69. The molecule has 0 aliphatic heterocycles. The maximum atomic E-state index is 4.15. The van der Waals surface area contributed by atoms with Gasteiger partial charge in [-0.25, -0.2) is 0 Å². The predicted octanol–water partition coefficient (Wildman–Crippen LogP) is 1.36. The topological polar surface area (TPSA) is 0 Å². The fourth-order valence-electron chi connectivity index (χ4n) is 0.625. The number of rotatable bonds is 1. The van der Waals surface area contributed by atoms with Crippen molar-refractivity contribution in [3.05, 3.63) is 35.9 Å². The normalized spacial score (nSPS) is 9.10. The summed E-state index contributed by atoms with van der Waals surface area (Å²) >= 11 is 8.30. The Balaban J connectivity index is 0.000000810. The SMILES string of the molecule is SC(S)c1ccccc1.[BiH3]. The van der Waals surface area contributed by atoms with Crippen molar-refractivity contribution in [1.82, 2.24) is 0 Å². The zero-order valence-electron chi connectivity index (χ0n) is 5.57. The quantitative estimate of drug-likeness (QED) is 0.418. The molecule has 0 aliphatic rings. The second-order valence-electron chi connectivity index (χ2n) is 1.78. The van der Waals surface area contributed by atoms with Crippen LogP contribution >= 0.6 is 25.3 Å². The van der Waals surface area contributed by atoms with E-state index < -0.39 is 0 Å². The van der Waals surface area contributed by atoms with Crippen LogP contribution in [0.2, 0.25) is 0 Å². The summed E-state index contributed by atoms with van der Waals surface area (Å²) in [6.07, 6.45) is 0. The summed E-state index contributed by atoms with van der Waals surface area (Å²) in [6, 6.07) is 9.95. The molecular weight excluding hydrogens is 357 g/mol. The Hall–Kier alpha value is 0.803. The third-order valence-electron chi connectivity index (χ3n) is 1.10. The Bertz CT molecular complexity index is 174. The standard InChI is InChI=1S/C7H8S2.Bi.3H/c8-7(9)6-4-2-1-3-5-6;;;;/h1-5,7-9H;;;;. The molecular formula is C7H11BiS2. The molecule has 1 rings (SSSR count). The van der Waals surface area contributed by atoms with Gasteiger partial charge in [-0.2, -0.15) is 25.3 Å². The van der Waals surface area contributed by atoms with Crippen molar-refractivity contribution in [3.8, 4) is 0 Å². The van der Waals surface area contributed by atoms with E-state index in [-0.39, 0.29) is 30.8 Å². The first-order valence-electron chi connectivity index (χ1n) is 2.72. The van der Waals surface area contributed by atoms with E-state index in [4.69, 9.17) is 0 Å². The van der Waals surface area contributed by atoms with Gasteiger partial charge in [0.15, 0.2) is 0 Å². The van der Waals surface area contributed by atoms with Crippen molar-refractivity contribution in [2.24, 2.45) is 0 Å². The first-order chi connectivity index (χ1) is 4.30. The Labute approximate surface area is 91.4 Å². The first-order valence-corrected chi connectivity index (χ1v) is 3.75. The van der Waals surface area contributed by atoms with Crippen molar-refractivity contribution >= 4 is 51.5 Å². The molecule has 0 aliphatic carbocycles. The van der Waals surface area contributed by atoms with Crippen molar-refractivity contribution in [2.45, 2.75) is 4.58 Å². The third kappa shape index (κ3) is 3.27. The van der Waals surface area contributed by atoms with E-state index in [0.717, 1.165) is 5.56 Å². The van der Waals surface area contributed by atoms with Crippen LogP contribution in [0.15, 0.2) is 30.3 Å². The van der Waals surface area contributed by atoms with Crippen LogP contribution in [0.1, 0.15) is 10.1 Å². The summed E-state index contributed by atoms with van der Waals surface area (Å²) in [6.45, 7) is 0. The average molecular weight is 368 g/mol. The third-order valence-corrected chi connectivity index (χ3v) is 1.69. The van der Waals surface area contributed by atoms with Crippen LogP contribution in [0.3, 0.4) is 0 Å². The number of hydrogen-bond acceptors (Lipinski definition) is 2. The van der Waals surface area contributed by atoms with E-state index in [2.05, 4.69) is 25.3 Å². The number of hydrogen-bond donors (Lipinski definition) is 2. The first kappa shape index (κ1) is 10.8. The summed E-state index contributed by atoms with van der Waals surface area (Å²) in [5.41, 5.74) is 1.14. The van der Waals surface area contributed by atoms with Gasteiger partial charge in [-0.15, -0.1) is 0 Å². The van der Waals surface area contributed by atoms with Crippen LogP contribution in [0, 0.1) is 0 Å². The summed E-state index contributed by atoms with van der Waals surface area (Å²) in [4.78, 5) is 0. The molecule has 0 fully saturated rings. The van der Waals surface area contributed by atoms with Gasteiger partial charge in [-0.3, -0.25) is 0 Å². The molecule has 0 amide bonds. The number of thiol groups is 2. The van der Waals surface area contributed by atoms with Crippen LogP contribution in [-0.2, 0) is 0 Å². The molecule has 0 aromatic heterocycles. The molecule has 0 saturated carbocycles. The summed E-state index contributed by atoms with van der Waals surface area (Å²) < 4.78 is 0.0474. The molecule has 0 N–H and O–H groups in total. The molecule has 1 aromatic carbocycles. The molecule has 0 saturated heterocycles. The molecule has 56 valence electrons. The van der Waals surface area contributed by atoms with Crippen molar-refractivity contribution in [1.29, 1.82) is 0 Å².